The van der Waals surface area contributed by atoms with Gasteiger partial charge in [0.2, 0.25) is 11.8 Å². The molecule has 2 N–H and O–H groups in total. The second-order valence-electron chi connectivity index (χ2n) is 17.9. The second-order valence-corrected chi connectivity index (χ2v) is 18.7. The normalized spacial score (nSPS) is 13.4. The first-order chi connectivity index (χ1) is 33.8. The van der Waals surface area contributed by atoms with Crippen molar-refractivity contribution in [3.8, 4) is 23.9 Å². The standard InChI is InChI=1S/2C27H25ClF3N3O2/c2*1-17(34-25(35)26(2,3)36-24-12-9-21(16-33-24)27(29,30)31)23(14-18-7-10-22(28)11-8-18)20-6-4-5-19(13-20)15-32/h2*4-13,16-17,23H,14H2,1-3H3,(H,34,35)/t2*17-,23+/m00/s1. The fraction of sp³-hybridized carbons (Fsp3) is 0.296. The van der Waals surface area contributed by atoms with Gasteiger partial charge < -0.3 is 20.1 Å². The van der Waals surface area contributed by atoms with Crippen LogP contribution in [0.2, 0.25) is 10.0 Å². The molecule has 18 heteroatoms. The van der Waals surface area contributed by atoms with Crippen LogP contribution in [0.1, 0.15) is 97.9 Å². The number of nitrogens with zero attached hydrogens (tertiary/aromatic N) is 4. The number of carbonyl (C=O) groups is 2. The summed E-state index contributed by atoms with van der Waals surface area (Å²) in [5.74, 6) is -1.51. The Bertz CT molecular complexity index is 2670. The van der Waals surface area contributed by atoms with Gasteiger partial charge in [-0.25, -0.2) is 9.97 Å². The van der Waals surface area contributed by atoms with Gasteiger partial charge in [0.15, 0.2) is 11.2 Å². The van der Waals surface area contributed by atoms with E-state index in [9.17, 15) is 46.5 Å². The van der Waals surface area contributed by atoms with Gasteiger partial charge in [0.25, 0.3) is 11.8 Å². The third-order valence-electron chi connectivity index (χ3n) is 11.5. The predicted molar refractivity (Wildman–Crippen MR) is 261 cm³/mol. The lowest BCUT2D eigenvalue weighted by Gasteiger charge is -2.30. The van der Waals surface area contributed by atoms with Crippen LogP contribution in [-0.4, -0.2) is 45.1 Å². The van der Waals surface area contributed by atoms with Crippen LogP contribution in [-0.2, 0) is 34.8 Å². The van der Waals surface area contributed by atoms with Crippen LogP contribution in [0.25, 0.3) is 0 Å². The smallest absolute Gasteiger partial charge is 0.417 e. The minimum absolute atomic E-state index is 0.102. The molecule has 0 saturated carbocycles. The maximum atomic E-state index is 13.1. The Balaban J connectivity index is 0.000000267. The first kappa shape index (κ1) is 55.8. The van der Waals surface area contributed by atoms with Crippen LogP contribution < -0.4 is 20.1 Å². The molecular weight excluding hydrogens is 982 g/mol. The summed E-state index contributed by atoms with van der Waals surface area (Å²) in [4.78, 5) is 33.7. The van der Waals surface area contributed by atoms with E-state index >= 15 is 0 Å². The second kappa shape index (κ2) is 23.8. The SMILES string of the molecule is C[C@H](NC(=O)C(C)(C)Oc1ccc(C(F)(F)F)cn1)[C@@H](Cc1ccc(Cl)cc1)c1cccc(C#N)c1.C[C@H](NC(=O)C(C)(C)Oc1ccc(C(F)(F)F)cn1)[C@@H](Cc1ccc(Cl)cc1)c1cccc(C#N)c1. The number of hydrogen-bond acceptors (Lipinski definition) is 8. The Morgan fingerprint density at radius 2 is 0.917 bits per heavy atom. The number of ether oxygens (including phenoxy) is 2. The molecule has 6 rings (SSSR count). The molecule has 0 aliphatic heterocycles. The van der Waals surface area contributed by atoms with E-state index in [1.807, 2.05) is 50.2 Å². The fourth-order valence-electron chi connectivity index (χ4n) is 7.39. The highest BCUT2D eigenvalue weighted by atomic mass is 35.5. The summed E-state index contributed by atoms with van der Waals surface area (Å²) >= 11 is 12.0. The number of carbonyl (C=O) groups excluding carboxylic acids is 2. The van der Waals surface area contributed by atoms with E-state index in [2.05, 4.69) is 32.7 Å². The van der Waals surface area contributed by atoms with Crippen LogP contribution in [0.15, 0.2) is 134 Å². The lowest BCUT2D eigenvalue weighted by atomic mass is 9.85. The van der Waals surface area contributed by atoms with Crippen molar-refractivity contribution in [2.45, 2.75) is 102 Å². The summed E-state index contributed by atoms with van der Waals surface area (Å²) < 4.78 is 88.1. The van der Waals surface area contributed by atoms with Crippen molar-refractivity contribution in [3.05, 3.63) is 188 Å². The summed E-state index contributed by atoms with van der Waals surface area (Å²) in [5.41, 5.74) is 0.106. The minimum atomic E-state index is -4.52. The van der Waals surface area contributed by atoms with Crippen molar-refractivity contribution in [2.75, 3.05) is 0 Å². The molecule has 10 nitrogen and oxygen atoms in total. The summed E-state index contributed by atoms with van der Waals surface area (Å²) in [7, 11) is 0. The van der Waals surface area contributed by atoms with Gasteiger partial charge in [-0.2, -0.15) is 36.9 Å². The number of nitriles is 2. The Hall–Kier alpha value is -7.14. The van der Waals surface area contributed by atoms with Gasteiger partial charge in [0.1, 0.15) is 0 Å². The van der Waals surface area contributed by atoms with Gasteiger partial charge in [-0.1, -0.05) is 71.7 Å². The van der Waals surface area contributed by atoms with Gasteiger partial charge in [0, 0.05) is 58.5 Å². The number of alkyl halides is 6. The number of hydrogen-bond donors (Lipinski definition) is 2. The molecule has 0 bridgehead atoms. The van der Waals surface area contributed by atoms with E-state index in [4.69, 9.17) is 32.7 Å². The molecule has 2 aromatic heterocycles. The highest BCUT2D eigenvalue weighted by Crippen LogP contribution is 2.33. The number of nitrogens with one attached hydrogen (secondary N) is 2. The molecule has 72 heavy (non-hydrogen) atoms. The monoisotopic (exact) mass is 1030 g/mol. The van der Waals surface area contributed by atoms with E-state index in [1.54, 1.807) is 60.7 Å². The fourth-order valence-corrected chi connectivity index (χ4v) is 7.64. The zero-order chi connectivity index (χ0) is 53.0. The number of aromatic nitrogens is 2. The summed E-state index contributed by atoms with van der Waals surface area (Å²) in [5, 5.41) is 25.8. The van der Waals surface area contributed by atoms with Crippen molar-refractivity contribution >= 4 is 35.0 Å². The molecule has 376 valence electrons. The molecule has 0 spiro atoms. The van der Waals surface area contributed by atoms with Gasteiger partial charge >= 0.3 is 12.4 Å². The van der Waals surface area contributed by atoms with Crippen molar-refractivity contribution < 1.29 is 45.4 Å². The van der Waals surface area contributed by atoms with Crippen molar-refractivity contribution in [2.24, 2.45) is 0 Å². The third-order valence-corrected chi connectivity index (χ3v) is 12.0. The maximum absolute atomic E-state index is 13.1. The number of rotatable bonds is 16. The number of halogens is 8. The Labute approximate surface area is 423 Å². The molecule has 2 amide bonds. The molecule has 2 heterocycles. The highest BCUT2D eigenvalue weighted by molar-refractivity contribution is 6.30. The number of amides is 2. The van der Waals surface area contributed by atoms with Crippen LogP contribution in [0, 0.1) is 22.7 Å². The van der Waals surface area contributed by atoms with Gasteiger partial charge in [-0.05, 0) is 137 Å². The van der Waals surface area contributed by atoms with Crippen molar-refractivity contribution in [1.29, 1.82) is 10.5 Å². The molecule has 4 aromatic carbocycles. The van der Waals surface area contributed by atoms with Crippen LogP contribution in [0.3, 0.4) is 0 Å². The van der Waals surface area contributed by atoms with E-state index in [-0.39, 0.29) is 35.7 Å². The quantitative estimate of drug-likeness (QED) is 0.0910. The summed E-state index contributed by atoms with van der Waals surface area (Å²) in [6.45, 7) is 9.75. The lowest BCUT2D eigenvalue weighted by Crippen LogP contribution is -2.51. The third kappa shape index (κ3) is 15.9. The topological polar surface area (TPSA) is 150 Å². The zero-order valence-electron chi connectivity index (χ0n) is 39.9. The summed E-state index contributed by atoms with van der Waals surface area (Å²) in [6.07, 6.45) is -6.58. The molecular formula is C54H50Cl2F6N6O4. The zero-order valence-corrected chi connectivity index (χ0v) is 41.4. The molecule has 0 unspecified atom stereocenters. The molecule has 0 aliphatic rings. The first-order valence-electron chi connectivity index (χ1n) is 22.3. The van der Waals surface area contributed by atoms with Gasteiger partial charge in [0.05, 0.1) is 34.4 Å². The molecule has 0 fully saturated rings. The van der Waals surface area contributed by atoms with Crippen molar-refractivity contribution in [1.82, 2.24) is 20.6 Å². The largest absolute Gasteiger partial charge is 0.462 e. The van der Waals surface area contributed by atoms with E-state index < -0.39 is 46.5 Å². The highest BCUT2D eigenvalue weighted by Gasteiger charge is 2.37. The van der Waals surface area contributed by atoms with E-state index in [1.165, 1.54) is 27.7 Å². The number of benzene rings is 4. The molecule has 0 saturated heterocycles. The minimum Gasteiger partial charge on any atom is -0.462 e. The first-order valence-corrected chi connectivity index (χ1v) is 23.1. The summed E-state index contributed by atoms with van der Waals surface area (Å²) in [6, 6.07) is 36.5. The van der Waals surface area contributed by atoms with Crippen LogP contribution in [0.5, 0.6) is 11.8 Å². The molecule has 6 aromatic rings. The van der Waals surface area contributed by atoms with Gasteiger partial charge in [-0.15, -0.1) is 0 Å². The Kier molecular flexibility index (Phi) is 18.5. The molecule has 0 aliphatic carbocycles. The molecule has 0 radical (unpaired) electrons. The molecule has 4 atom stereocenters. The Morgan fingerprint density at radius 1 is 0.569 bits per heavy atom. The average Bonchev–Trinajstić information content (AvgIpc) is 3.33. The van der Waals surface area contributed by atoms with E-state index in [0.29, 0.717) is 46.4 Å². The Morgan fingerprint density at radius 3 is 1.21 bits per heavy atom. The average molecular weight is 1030 g/mol. The van der Waals surface area contributed by atoms with Gasteiger partial charge in [-0.3, -0.25) is 9.59 Å². The predicted octanol–water partition coefficient (Wildman–Crippen LogP) is 12.6. The van der Waals surface area contributed by atoms with Crippen LogP contribution >= 0.6 is 23.2 Å². The van der Waals surface area contributed by atoms with Crippen LogP contribution in [0.4, 0.5) is 26.3 Å². The lowest BCUT2D eigenvalue weighted by molar-refractivity contribution is -0.139. The van der Waals surface area contributed by atoms with E-state index in [0.717, 1.165) is 46.5 Å². The van der Waals surface area contributed by atoms with Crippen molar-refractivity contribution in [3.63, 3.8) is 0 Å². The maximum Gasteiger partial charge on any atom is 0.417 e. The number of pyridine rings is 2.